The smallest absolute Gasteiger partial charge is 0.326 e. The Kier molecular flexibility index (Phi) is 1.62. The predicted molar refractivity (Wildman–Crippen MR) is 45.1 cm³/mol. The van der Waals surface area contributed by atoms with Crippen molar-refractivity contribution in [1.29, 1.82) is 0 Å². The van der Waals surface area contributed by atoms with Gasteiger partial charge < -0.3 is 10.0 Å². The third-order valence-electron chi connectivity index (χ3n) is 3.30. The normalized spacial score (nSPS) is 29.3. The molecule has 0 bridgehead atoms. The Morgan fingerprint density at radius 3 is 2.38 bits per heavy atom. The molecule has 2 fully saturated rings. The lowest BCUT2D eigenvalue weighted by atomic mass is 9.64. The molecule has 1 heterocycles. The van der Waals surface area contributed by atoms with Gasteiger partial charge >= 0.3 is 5.97 Å². The summed E-state index contributed by atoms with van der Waals surface area (Å²) >= 11 is 0. The molecule has 1 saturated heterocycles. The number of likely N-dealkylation sites (tertiary alicyclic amines) is 1. The van der Waals surface area contributed by atoms with Crippen molar-refractivity contribution in [1.82, 2.24) is 4.90 Å². The molecule has 1 aliphatic heterocycles. The quantitative estimate of drug-likeness (QED) is 0.648. The van der Waals surface area contributed by atoms with Crippen molar-refractivity contribution >= 4 is 11.9 Å². The third kappa shape index (κ3) is 0.975. The first-order valence-corrected chi connectivity index (χ1v) is 4.59. The fourth-order valence-corrected chi connectivity index (χ4v) is 2.55. The van der Waals surface area contributed by atoms with E-state index >= 15 is 0 Å². The molecule has 2 rings (SSSR count). The maximum absolute atomic E-state index is 11.2. The summed E-state index contributed by atoms with van der Waals surface area (Å²) in [5.74, 6) is -0.967. The first kappa shape index (κ1) is 8.53. The predicted octanol–water partition coefficient (Wildman–Crippen LogP) is 0.614. The minimum Gasteiger partial charge on any atom is -0.480 e. The standard InChI is InChI=1S/C9H13NO3/c1-6(11)10-7(8(12)13)5-9(10)3-2-4-9/h7H,2-5H2,1H3,(H,12,13). The first-order chi connectivity index (χ1) is 6.07. The van der Waals surface area contributed by atoms with Gasteiger partial charge in [0.05, 0.1) is 0 Å². The maximum Gasteiger partial charge on any atom is 0.326 e. The Balaban J connectivity index is 2.14. The average Bonchev–Trinajstić information content (AvgIpc) is 1.77. The largest absolute Gasteiger partial charge is 0.480 e. The Hall–Kier alpha value is -1.06. The Morgan fingerprint density at radius 2 is 2.08 bits per heavy atom. The van der Waals surface area contributed by atoms with E-state index in [1.54, 1.807) is 4.90 Å². The molecule has 1 spiro atoms. The van der Waals surface area contributed by atoms with E-state index in [2.05, 4.69) is 0 Å². The maximum atomic E-state index is 11.2. The highest BCUT2D eigenvalue weighted by molar-refractivity contribution is 5.85. The van der Waals surface area contributed by atoms with E-state index in [4.69, 9.17) is 5.11 Å². The molecule has 0 aromatic heterocycles. The minimum absolute atomic E-state index is 0.0606. The molecule has 1 atom stereocenters. The molecule has 2 aliphatic rings. The fraction of sp³-hybridized carbons (Fsp3) is 0.778. The number of aliphatic carboxylic acids is 1. The van der Waals surface area contributed by atoms with Crippen LogP contribution in [0.25, 0.3) is 0 Å². The minimum atomic E-state index is -0.868. The highest BCUT2D eigenvalue weighted by Crippen LogP contribution is 2.50. The van der Waals surface area contributed by atoms with Crippen LogP contribution in [0.5, 0.6) is 0 Å². The van der Waals surface area contributed by atoms with Crippen molar-refractivity contribution < 1.29 is 14.7 Å². The molecule has 72 valence electrons. The van der Waals surface area contributed by atoms with Crippen molar-refractivity contribution in [2.24, 2.45) is 0 Å². The highest BCUT2D eigenvalue weighted by Gasteiger charge is 2.58. The number of amides is 1. The lowest BCUT2D eigenvalue weighted by Gasteiger charge is -2.61. The van der Waals surface area contributed by atoms with Gasteiger partial charge in [0.25, 0.3) is 0 Å². The summed E-state index contributed by atoms with van der Waals surface area (Å²) < 4.78 is 0. The van der Waals surface area contributed by atoms with Crippen LogP contribution in [-0.4, -0.2) is 33.5 Å². The molecule has 1 N–H and O–H groups in total. The summed E-state index contributed by atoms with van der Waals surface area (Å²) in [6, 6.07) is -0.558. The van der Waals surface area contributed by atoms with Crippen LogP contribution in [0.4, 0.5) is 0 Å². The van der Waals surface area contributed by atoms with E-state index in [0.29, 0.717) is 6.42 Å². The van der Waals surface area contributed by atoms with E-state index < -0.39 is 12.0 Å². The van der Waals surface area contributed by atoms with Crippen molar-refractivity contribution in [3.05, 3.63) is 0 Å². The Morgan fingerprint density at radius 1 is 1.46 bits per heavy atom. The van der Waals surface area contributed by atoms with Crippen LogP contribution in [0.2, 0.25) is 0 Å². The van der Waals surface area contributed by atoms with Gasteiger partial charge in [-0.1, -0.05) is 0 Å². The second-order valence-corrected chi connectivity index (χ2v) is 4.03. The summed E-state index contributed by atoms with van der Waals surface area (Å²) in [5.41, 5.74) is -0.0606. The van der Waals surface area contributed by atoms with Crippen LogP contribution in [-0.2, 0) is 9.59 Å². The van der Waals surface area contributed by atoms with Crippen LogP contribution < -0.4 is 0 Å². The average molecular weight is 183 g/mol. The van der Waals surface area contributed by atoms with Crippen LogP contribution in [0.3, 0.4) is 0 Å². The number of carboxylic acid groups (broad SMARTS) is 1. The monoisotopic (exact) mass is 183 g/mol. The summed E-state index contributed by atoms with van der Waals surface area (Å²) in [7, 11) is 0. The van der Waals surface area contributed by atoms with Gasteiger partial charge in [-0.2, -0.15) is 0 Å². The number of hydrogen-bond acceptors (Lipinski definition) is 2. The highest BCUT2D eigenvalue weighted by atomic mass is 16.4. The first-order valence-electron chi connectivity index (χ1n) is 4.59. The fourth-order valence-electron chi connectivity index (χ4n) is 2.55. The van der Waals surface area contributed by atoms with Gasteiger partial charge in [-0.15, -0.1) is 0 Å². The van der Waals surface area contributed by atoms with Crippen LogP contribution in [0.1, 0.15) is 32.6 Å². The number of nitrogens with zero attached hydrogens (tertiary/aromatic N) is 1. The van der Waals surface area contributed by atoms with E-state index in [0.717, 1.165) is 19.3 Å². The molecule has 0 radical (unpaired) electrons. The molecule has 13 heavy (non-hydrogen) atoms. The van der Waals surface area contributed by atoms with E-state index in [1.165, 1.54) is 6.92 Å². The Labute approximate surface area is 76.5 Å². The van der Waals surface area contributed by atoms with Gasteiger partial charge in [0, 0.05) is 18.9 Å². The molecule has 0 aromatic rings. The van der Waals surface area contributed by atoms with Crippen LogP contribution in [0, 0.1) is 0 Å². The van der Waals surface area contributed by atoms with Gasteiger partial charge in [0.2, 0.25) is 5.91 Å². The molecule has 1 unspecified atom stereocenters. The second kappa shape index (κ2) is 2.47. The van der Waals surface area contributed by atoms with E-state index in [9.17, 15) is 9.59 Å². The van der Waals surface area contributed by atoms with Crippen molar-refractivity contribution in [2.45, 2.75) is 44.2 Å². The van der Waals surface area contributed by atoms with E-state index in [-0.39, 0.29) is 11.4 Å². The van der Waals surface area contributed by atoms with Gasteiger partial charge in [-0.3, -0.25) is 4.79 Å². The summed E-state index contributed by atoms with van der Waals surface area (Å²) in [4.78, 5) is 23.5. The molecule has 1 saturated carbocycles. The van der Waals surface area contributed by atoms with Crippen molar-refractivity contribution in [2.75, 3.05) is 0 Å². The SMILES string of the molecule is CC(=O)N1C(C(=O)O)CC12CCC2. The number of carboxylic acids is 1. The summed E-state index contributed by atoms with van der Waals surface area (Å²) in [6.07, 6.45) is 3.74. The van der Waals surface area contributed by atoms with Gasteiger partial charge in [-0.05, 0) is 19.3 Å². The van der Waals surface area contributed by atoms with Gasteiger partial charge in [-0.25, -0.2) is 4.79 Å². The molecule has 1 amide bonds. The van der Waals surface area contributed by atoms with Gasteiger partial charge in [0.1, 0.15) is 6.04 Å². The number of carbonyl (C=O) groups excluding carboxylic acids is 1. The number of hydrogen-bond donors (Lipinski definition) is 1. The lowest BCUT2D eigenvalue weighted by Crippen LogP contribution is -2.72. The topological polar surface area (TPSA) is 57.6 Å². The molecule has 4 heteroatoms. The zero-order valence-electron chi connectivity index (χ0n) is 7.62. The molecule has 1 aliphatic carbocycles. The van der Waals surface area contributed by atoms with Crippen molar-refractivity contribution in [3.63, 3.8) is 0 Å². The summed E-state index contributed by atoms with van der Waals surface area (Å²) in [5, 5.41) is 8.81. The molecular weight excluding hydrogens is 170 g/mol. The summed E-state index contributed by atoms with van der Waals surface area (Å²) in [6.45, 7) is 1.45. The molecule has 0 aromatic carbocycles. The number of rotatable bonds is 1. The Bertz CT molecular complexity index is 270. The zero-order chi connectivity index (χ0) is 9.64. The van der Waals surface area contributed by atoms with Crippen molar-refractivity contribution in [3.8, 4) is 0 Å². The molecule has 4 nitrogen and oxygen atoms in total. The number of carbonyl (C=O) groups is 2. The van der Waals surface area contributed by atoms with E-state index in [1.807, 2.05) is 0 Å². The van der Waals surface area contributed by atoms with Gasteiger partial charge in [0.15, 0.2) is 0 Å². The zero-order valence-corrected chi connectivity index (χ0v) is 7.62. The molecular formula is C9H13NO3. The second-order valence-electron chi connectivity index (χ2n) is 4.03. The third-order valence-corrected chi connectivity index (χ3v) is 3.30. The lowest BCUT2D eigenvalue weighted by molar-refractivity contribution is -0.183. The van der Waals surface area contributed by atoms with Crippen LogP contribution in [0.15, 0.2) is 0 Å². The van der Waals surface area contributed by atoms with Crippen LogP contribution >= 0.6 is 0 Å².